The molecule has 3 N–H and O–H groups in total. The van der Waals surface area contributed by atoms with Crippen molar-refractivity contribution in [3.63, 3.8) is 0 Å². The summed E-state index contributed by atoms with van der Waals surface area (Å²) < 4.78 is 59.4. The summed E-state index contributed by atoms with van der Waals surface area (Å²) in [6.07, 6.45) is -3.53. The van der Waals surface area contributed by atoms with E-state index in [-0.39, 0.29) is 43.2 Å². The van der Waals surface area contributed by atoms with Gasteiger partial charge in [0.05, 0.1) is 44.2 Å². The highest BCUT2D eigenvalue weighted by Crippen LogP contribution is 2.32. The van der Waals surface area contributed by atoms with Gasteiger partial charge in [0.15, 0.2) is 0 Å². The summed E-state index contributed by atoms with van der Waals surface area (Å²) in [6.45, 7) is 7.14. The number of carbonyl (C=O) groups is 1. The smallest absolute Gasteiger partial charge is 0.415 e. The van der Waals surface area contributed by atoms with E-state index in [9.17, 15) is 23.1 Å². The van der Waals surface area contributed by atoms with E-state index < -0.39 is 24.4 Å². The monoisotopic (exact) mass is 688 g/mol. The average molecular weight is 689 g/mol. The van der Waals surface area contributed by atoms with Crippen molar-refractivity contribution in [2.45, 2.75) is 58.0 Å². The van der Waals surface area contributed by atoms with Crippen LogP contribution in [0, 0.1) is 17.8 Å². The number of rotatable bonds is 13. The molecular formula is C36H47F3N4O6. The Hall–Kier alpha value is -3.96. The molecule has 0 bridgehead atoms. The number of nitrogens with one attached hydrogen (secondary N) is 1. The third-order valence-corrected chi connectivity index (χ3v) is 8.03. The number of alkyl halides is 3. The second kappa shape index (κ2) is 17.1. The van der Waals surface area contributed by atoms with Gasteiger partial charge in [-0.25, -0.2) is 4.79 Å². The highest BCUT2D eigenvalue weighted by atomic mass is 19.4. The lowest BCUT2D eigenvalue weighted by molar-refractivity contribution is -0.140. The standard InChI is InChI=1S/C36H47F3N4O6/c1-35(2,3)49-34(46)42(27-10-12-29(45)13-11-27)16-6-7-28-23-30-32(8-5-9-33(30)43(28)25-36(37,38)39)40-31-14-17-41(4)24-26(31)15-19-47-21-22-48-20-18-44/h5,8-13,23,26,31,40,44-45H,14-22,24-25H2,1-4H3. The molecule has 10 nitrogen and oxygen atoms in total. The average Bonchev–Trinajstić information content (AvgIpc) is 3.36. The van der Waals surface area contributed by atoms with Gasteiger partial charge in [-0.05, 0) is 102 Å². The van der Waals surface area contributed by atoms with E-state index >= 15 is 0 Å². The van der Waals surface area contributed by atoms with Crippen molar-refractivity contribution < 1.29 is 42.4 Å². The molecule has 1 amide bonds. The Morgan fingerprint density at radius 2 is 1.78 bits per heavy atom. The summed E-state index contributed by atoms with van der Waals surface area (Å²) in [5.41, 5.74) is 0.894. The molecule has 0 radical (unpaired) electrons. The number of amides is 1. The Morgan fingerprint density at radius 1 is 1.06 bits per heavy atom. The first-order chi connectivity index (χ1) is 23.2. The molecule has 1 aromatic heterocycles. The van der Waals surface area contributed by atoms with Gasteiger partial charge in [0, 0.05) is 36.0 Å². The van der Waals surface area contributed by atoms with E-state index in [0.29, 0.717) is 36.4 Å². The zero-order valence-electron chi connectivity index (χ0n) is 28.6. The predicted molar refractivity (Wildman–Crippen MR) is 183 cm³/mol. The number of hydrogen-bond acceptors (Lipinski definition) is 8. The van der Waals surface area contributed by atoms with Crippen LogP contribution >= 0.6 is 0 Å². The van der Waals surface area contributed by atoms with Gasteiger partial charge in [0.2, 0.25) is 0 Å². The molecule has 1 saturated heterocycles. The van der Waals surface area contributed by atoms with Crippen LogP contribution in [0.5, 0.6) is 5.75 Å². The summed E-state index contributed by atoms with van der Waals surface area (Å²) in [7, 11) is 2.07. The summed E-state index contributed by atoms with van der Waals surface area (Å²) in [5.74, 6) is 6.03. The van der Waals surface area contributed by atoms with Crippen LogP contribution < -0.4 is 10.2 Å². The number of carbonyl (C=O) groups excluding carboxylic acids is 1. The Bertz CT molecular complexity index is 1580. The fourth-order valence-electron chi connectivity index (χ4n) is 5.80. The number of phenolic OH excluding ortho intramolecular Hbond substituents is 1. The maximum Gasteiger partial charge on any atom is 0.415 e. The lowest BCUT2D eigenvalue weighted by atomic mass is 9.89. The normalized spacial score (nSPS) is 17.1. The number of ether oxygens (including phenoxy) is 3. The number of aromatic nitrogens is 1. The number of likely N-dealkylation sites (tertiary alicyclic amines) is 1. The quantitative estimate of drug-likeness (QED) is 0.152. The number of aromatic hydroxyl groups is 1. The minimum atomic E-state index is -4.50. The molecule has 268 valence electrons. The van der Waals surface area contributed by atoms with Gasteiger partial charge in [-0.3, -0.25) is 4.90 Å². The number of piperidine rings is 1. The van der Waals surface area contributed by atoms with Crippen molar-refractivity contribution >= 4 is 28.4 Å². The molecule has 0 saturated carbocycles. The molecule has 3 aromatic rings. The van der Waals surface area contributed by atoms with E-state index in [1.807, 2.05) is 6.07 Å². The van der Waals surface area contributed by atoms with Gasteiger partial charge in [-0.2, -0.15) is 13.2 Å². The van der Waals surface area contributed by atoms with E-state index in [0.717, 1.165) is 36.2 Å². The minimum absolute atomic E-state index is 0.0142. The number of phenols is 1. The number of benzene rings is 2. The summed E-state index contributed by atoms with van der Waals surface area (Å²) in [6, 6.07) is 12.9. The van der Waals surface area contributed by atoms with Crippen LogP contribution in [-0.4, -0.2) is 103 Å². The first kappa shape index (κ1) is 37.9. The fraction of sp³-hybridized carbons (Fsp3) is 0.528. The summed E-state index contributed by atoms with van der Waals surface area (Å²) >= 11 is 0. The Morgan fingerprint density at radius 3 is 2.45 bits per heavy atom. The number of aliphatic hydroxyl groups is 1. The number of aliphatic hydroxyl groups excluding tert-OH is 1. The van der Waals surface area contributed by atoms with Crippen molar-refractivity contribution in [2.24, 2.45) is 5.92 Å². The molecule has 0 spiro atoms. The van der Waals surface area contributed by atoms with E-state index in [1.54, 1.807) is 39.0 Å². The SMILES string of the molecule is CN1CCC(Nc2cccc3c2cc(C#CCN(C(=O)OC(C)(C)C)c2ccc(O)cc2)n3CC(F)(F)F)C(CCOCCOCCO)C1. The molecule has 49 heavy (non-hydrogen) atoms. The number of fused-ring (bicyclic) bond motifs is 1. The van der Waals surface area contributed by atoms with E-state index in [2.05, 4.69) is 29.1 Å². The maximum atomic E-state index is 13.9. The van der Waals surface area contributed by atoms with Crippen LogP contribution in [0.2, 0.25) is 0 Å². The van der Waals surface area contributed by atoms with Gasteiger partial charge in [0.1, 0.15) is 17.9 Å². The van der Waals surface area contributed by atoms with E-state index in [1.165, 1.54) is 29.2 Å². The lowest BCUT2D eigenvalue weighted by Crippen LogP contribution is -2.45. The lowest BCUT2D eigenvalue weighted by Gasteiger charge is -2.38. The first-order valence-electron chi connectivity index (χ1n) is 16.4. The molecule has 1 aliphatic heterocycles. The number of nitrogens with zero attached hydrogens (tertiary/aromatic N) is 3. The zero-order chi connectivity index (χ0) is 35.6. The zero-order valence-corrected chi connectivity index (χ0v) is 28.6. The number of anilines is 2. The van der Waals surface area contributed by atoms with Gasteiger partial charge in [0.25, 0.3) is 0 Å². The van der Waals surface area contributed by atoms with E-state index in [4.69, 9.17) is 19.3 Å². The van der Waals surface area contributed by atoms with Crippen molar-refractivity contribution in [1.82, 2.24) is 9.47 Å². The largest absolute Gasteiger partial charge is 0.508 e. The Kier molecular flexibility index (Phi) is 13.2. The van der Waals surface area contributed by atoms with Crippen molar-refractivity contribution in [3.05, 3.63) is 54.2 Å². The minimum Gasteiger partial charge on any atom is -0.508 e. The molecule has 2 heterocycles. The Balaban J connectivity index is 1.59. The second-order valence-corrected chi connectivity index (χ2v) is 13.2. The van der Waals surface area contributed by atoms with Crippen LogP contribution in [-0.2, 0) is 20.8 Å². The highest BCUT2D eigenvalue weighted by Gasteiger charge is 2.31. The third-order valence-electron chi connectivity index (χ3n) is 8.03. The molecule has 0 aliphatic carbocycles. The van der Waals surface area contributed by atoms with Crippen molar-refractivity contribution in [2.75, 3.05) is 69.9 Å². The van der Waals surface area contributed by atoms with Gasteiger partial charge >= 0.3 is 12.3 Å². The molecule has 4 rings (SSSR count). The summed E-state index contributed by atoms with van der Waals surface area (Å²) in [5, 5.41) is 22.8. The number of halogens is 3. The fourth-order valence-corrected chi connectivity index (χ4v) is 5.80. The first-order valence-corrected chi connectivity index (χ1v) is 16.4. The molecule has 1 fully saturated rings. The van der Waals surface area contributed by atoms with Crippen LogP contribution in [0.3, 0.4) is 0 Å². The third kappa shape index (κ3) is 11.6. The molecule has 2 unspecified atom stereocenters. The molecular weight excluding hydrogens is 641 g/mol. The maximum absolute atomic E-state index is 13.9. The van der Waals surface area contributed by atoms with Crippen LogP contribution in [0.1, 0.15) is 39.3 Å². The van der Waals surface area contributed by atoms with Crippen molar-refractivity contribution in [3.8, 4) is 17.6 Å². The topological polar surface area (TPSA) is 109 Å². The highest BCUT2D eigenvalue weighted by molar-refractivity contribution is 5.94. The van der Waals surface area contributed by atoms with Gasteiger partial charge in [-0.15, -0.1) is 0 Å². The molecule has 13 heteroatoms. The van der Waals surface area contributed by atoms with Gasteiger partial charge < -0.3 is 39.2 Å². The van der Waals surface area contributed by atoms with Gasteiger partial charge in [-0.1, -0.05) is 12.0 Å². The van der Waals surface area contributed by atoms with Crippen LogP contribution in [0.25, 0.3) is 10.9 Å². The molecule has 2 atom stereocenters. The second-order valence-electron chi connectivity index (χ2n) is 13.2. The Labute approximate surface area is 285 Å². The predicted octanol–water partition coefficient (Wildman–Crippen LogP) is 5.85. The number of hydrogen-bond donors (Lipinski definition) is 3. The summed E-state index contributed by atoms with van der Waals surface area (Å²) in [4.78, 5) is 16.6. The van der Waals surface area contributed by atoms with Crippen LogP contribution in [0.15, 0.2) is 48.5 Å². The molecule has 2 aromatic carbocycles. The van der Waals surface area contributed by atoms with Crippen LogP contribution in [0.4, 0.5) is 29.3 Å². The molecule has 1 aliphatic rings. The van der Waals surface area contributed by atoms with Crippen molar-refractivity contribution in [1.29, 1.82) is 0 Å².